The summed E-state index contributed by atoms with van der Waals surface area (Å²) in [5, 5.41) is 8.84. The highest BCUT2D eigenvalue weighted by Gasteiger charge is 2.53. The molecule has 2 aliphatic rings. The highest BCUT2D eigenvalue weighted by atomic mass is 32.2. The van der Waals surface area contributed by atoms with Crippen molar-refractivity contribution >= 4 is 23.6 Å². The lowest BCUT2D eigenvalue weighted by Gasteiger charge is -2.48. The molecule has 0 aromatic rings. The molecule has 0 bridgehead atoms. The third kappa shape index (κ3) is 1.36. The molecule has 6 heteroatoms. The molecule has 1 amide bonds. The Morgan fingerprint density at radius 1 is 1.67 bits per heavy atom. The number of hydrogen-bond donors (Lipinski definition) is 1. The number of ether oxygens (including phenoxy) is 1. The first-order chi connectivity index (χ1) is 7.07. The van der Waals surface area contributed by atoms with Gasteiger partial charge in [-0.25, -0.2) is 4.79 Å². The Hall–Kier alpha value is -1.01. The first kappa shape index (κ1) is 10.5. The first-order valence-corrected chi connectivity index (χ1v) is 5.53. The van der Waals surface area contributed by atoms with Crippen molar-refractivity contribution in [1.29, 1.82) is 0 Å². The Balaban J connectivity index is 2.32. The van der Waals surface area contributed by atoms with Crippen LogP contribution in [0.5, 0.6) is 0 Å². The van der Waals surface area contributed by atoms with Crippen molar-refractivity contribution in [1.82, 2.24) is 4.90 Å². The normalized spacial score (nSPS) is 30.0. The predicted molar refractivity (Wildman–Crippen MR) is 54.2 cm³/mol. The lowest BCUT2D eigenvalue weighted by atomic mass is 10.1. The summed E-state index contributed by atoms with van der Waals surface area (Å²) in [6.07, 6.45) is -0.488. The molecule has 0 spiro atoms. The number of rotatable bonds is 2. The maximum Gasteiger partial charge on any atom is 0.352 e. The van der Waals surface area contributed by atoms with Crippen molar-refractivity contribution in [2.45, 2.75) is 18.4 Å². The maximum absolute atomic E-state index is 11.6. The Labute approximate surface area is 91.1 Å². The Kier molecular flexibility index (Phi) is 2.47. The van der Waals surface area contributed by atoms with Gasteiger partial charge in [0.1, 0.15) is 11.1 Å². The average molecular weight is 229 g/mol. The minimum atomic E-state index is -1.04. The van der Waals surface area contributed by atoms with Crippen LogP contribution in [0.15, 0.2) is 11.3 Å². The predicted octanol–water partition coefficient (Wildman–Crippen LogP) is 0.275. The number of hydrogen-bond acceptors (Lipinski definition) is 4. The Bertz CT molecular complexity index is 365. The summed E-state index contributed by atoms with van der Waals surface area (Å²) in [6, 6.07) is 0. The summed E-state index contributed by atoms with van der Waals surface area (Å²) >= 11 is 1.54. The molecule has 5 nitrogen and oxygen atoms in total. The highest BCUT2D eigenvalue weighted by Crippen LogP contribution is 2.40. The maximum atomic E-state index is 11.6. The Morgan fingerprint density at radius 2 is 2.33 bits per heavy atom. The number of amides is 1. The van der Waals surface area contributed by atoms with Crippen LogP contribution in [0.2, 0.25) is 0 Å². The number of fused-ring (bicyclic) bond motifs is 1. The van der Waals surface area contributed by atoms with Gasteiger partial charge >= 0.3 is 5.97 Å². The molecule has 1 N–H and O–H groups in total. The van der Waals surface area contributed by atoms with Crippen molar-refractivity contribution in [2.24, 2.45) is 0 Å². The van der Waals surface area contributed by atoms with E-state index in [1.807, 2.05) is 0 Å². The van der Waals surface area contributed by atoms with Crippen molar-refractivity contribution < 1.29 is 19.4 Å². The van der Waals surface area contributed by atoms with Gasteiger partial charge in [0.05, 0.1) is 0 Å². The minimum Gasteiger partial charge on any atom is -0.477 e. The van der Waals surface area contributed by atoms with Crippen LogP contribution in [0.25, 0.3) is 0 Å². The molecule has 0 radical (unpaired) electrons. The molecule has 0 aromatic heterocycles. The van der Waals surface area contributed by atoms with E-state index in [2.05, 4.69) is 0 Å². The van der Waals surface area contributed by atoms with E-state index in [-0.39, 0.29) is 17.0 Å². The lowest BCUT2D eigenvalue weighted by molar-refractivity contribution is -0.162. The molecule has 0 unspecified atom stereocenters. The summed E-state index contributed by atoms with van der Waals surface area (Å²) in [5.41, 5.74) is 0.851. The molecular weight excluding hydrogens is 218 g/mol. The topological polar surface area (TPSA) is 66.8 Å². The smallest absolute Gasteiger partial charge is 0.352 e. The number of aliphatic carboxylic acids is 1. The van der Waals surface area contributed by atoms with Gasteiger partial charge in [0.15, 0.2) is 6.10 Å². The molecule has 0 saturated carbocycles. The SMILES string of the molecule is CO[C@H]1C(=O)N2C(C(=O)O)=C(C)CS[C@@H]12. The number of carbonyl (C=O) groups excluding carboxylic acids is 1. The molecule has 2 aliphatic heterocycles. The van der Waals surface area contributed by atoms with Gasteiger partial charge in [-0.1, -0.05) is 0 Å². The van der Waals surface area contributed by atoms with Gasteiger partial charge < -0.3 is 9.84 Å². The van der Waals surface area contributed by atoms with Gasteiger partial charge in [-0.15, -0.1) is 11.8 Å². The molecule has 2 rings (SSSR count). The fraction of sp³-hybridized carbons (Fsp3) is 0.556. The van der Waals surface area contributed by atoms with Crippen LogP contribution in [-0.2, 0) is 14.3 Å². The second-order valence-corrected chi connectivity index (χ2v) is 4.61. The number of carboxylic acids is 1. The van der Waals surface area contributed by atoms with Gasteiger partial charge in [-0.2, -0.15) is 0 Å². The third-order valence-electron chi connectivity index (χ3n) is 2.57. The van der Waals surface area contributed by atoms with Crippen LogP contribution in [0.4, 0.5) is 0 Å². The van der Waals surface area contributed by atoms with E-state index in [9.17, 15) is 9.59 Å². The van der Waals surface area contributed by atoms with E-state index in [1.165, 1.54) is 23.8 Å². The van der Waals surface area contributed by atoms with Crippen LogP contribution < -0.4 is 0 Å². The van der Waals surface area contributed by atoms with E-state index < -0.39 is 12.1 Å². The molecule has 1 fully saturated rings. The van der Waals surface area contributed by atoms with Gasteiger partial charge in [0, 0.05) is 12.9 Å². The summed E-state index contributed by atoms with van der Waals surface area (Å²) in [5.74, 6) is -0.664. The number of nitrogens with zero attached hydrogens (tertiary/aromatic N) is 1. The van der Waals surface area contributed by atoms with Gasteiger partial charge in [-0.3, -0.25) is 9.69 Å². The number of carboxylic acid groups (broad SMARTS) is 1. The van der Waals surface area contributed by atoms with E-state index in [4.69, 9.17) is 9.84 Å². The van der Waals surface area contributed by atoms with Crippen molar-refractivity contribution in [3.8, 4) is 0 Å². The van der Waals surface area contributed by atoms with Crippen molar-refractivity contribution in [3.63, 3.8) is 0 Å². The van der Waals surface area contributed by atoms with Crippen LogP contribution in [0.3, 0.4) is 0 Å². The summed E-state index contributed by atoms with van der Waals surface area (Å²) in [6.45, 7) is 1.74. The average Bonchev–Trinajstić information content (AvgIpc) is 2.18. The second kappa shape index (κ2) is 3.53. The van der Waals surface area contributed by atoms with E-state index in [1.54, 1.807) is 6.92 Å². The van der Waals surface area contributed by atoms with Crippen LogP contribution >= 0.6 is 11.8 Å². The Morgan fingerprint density at radius 3 is 2.87 bits per heavy atom. The van der Waals surface area contributed by atoms with Crippen molar-refractivity contribution in [3.05, 3.63) is 11.3 Å². The van der Waals surface area contributed by atoms with E-state index in [0.29, 0.717) is 5.75 Å². The van der Waals surface area contributed by atoms with Gasteiger partial charge in [0.25, 0.3) is 5.91 Å². The van der Waals surface area contributed by atoms with Crippen LogP contribution in [0, 0.1) is 0 Å². The quantitative estimate of drug-likeness (QED) is 0.689. The zero-order chi connectivity index (χ0) is 11.2. The lowest BCUT2D eigenvalue weighted by Crippen LogP contribution is -2.65. The number of β-lactam (4-membered cyclic amide) rings is 1. The summed E-state index contributed by atoms with van der Waals surface area (Å²) in [7, 11) is 1.46. The number of carbonyl (C=O) groups is 2. The molecule has 2 heterocycles. The zero-order valence-corrected chi connectivity index (χ0v) is 9.21. The van der Waals surface area contributed by atoms with Crippen LogP contribution in [0.1, 0.15) is 6.92 Å². The van der Waals surface area contributed by atoms with Crippen molar-refractivity contribution in [2.75, 3.05) is 12.9 Å². The second-order valence-electron chi connectivity index (χ2n) is 3.50. The minimum absolute atomic E-state index is 0.122. The van der Waals surface area contributed by atoms with E-state index >= 15 is 0 Å². The molecule has 15 heavy (non-hydrogen) atoms. The number of methoxy groups -OCH3 is 1. The standard InChI is InChI=1S/C9H11NO4S/c1-4-3-15-8-6(14-2)7(11)10(8)5(4)9(12)13/h6,8H,3H2,1-2H3,(H,12,13)/t6-,8-/m0/s1. The summed E-state index contributed by atoms with van der Waals surface area (Å²) < 4.78 is 5.00. The molecule has 0 aliphatic carbocycles. The third-order valence-corrected chi connectivity index (χ3v) is 3.97. The van der Waals surface area contributed by atoms with E-state index in [0.717, 1.165) is 5.57 Å². The molecular formula is C9H11NO4S. The fourth-order valence-electron chi connectivity index (χ4n) is 1.82. The molecule has 0 aromatic carbocycles. The van der Waals surface area contributed by atoms with Gasteiger partial charge in [0.2, 0.25) is 0 Å². The summed E-state index contributed by atoms with van der Waals surface area (Å²) in [4.78, 5) is 23.9. The van der Waals surface area contributed by atoms with Crippen LogP contribution in [-0.4, -0.2) is 46.2 Å². The molecule has 2 atom stereocenters. The molecule has 82 valence electrons. The monoisotopic (exact) mass is 229 g/mol. The fourth-order valence-corrected chi connectivity index (χ4v) is 3.14. The molecule has 1 saturated heterocycles. The zero-order valence-electron chi connectivity index (χ0n) is 8.39. The highest BCUT2D eigenvalue weighted by molar-refractivity contribution is 8.00. The largest absolute Gasteiger partial charge is 0.477 e. The number of thioether (sulfide) groups is 1. The first-order valence-electron chi connectivity index (χ1n) is 4.48. The van der Waals surface area contributed by atoms with Gasteiger partial charge in [-0.05, 0) is 12.5 Å².